The number of hydrogen-bond acceptors (Lipinski definition) is 0. The molecule has 1 aliphatic rings. The fourth-order valence-electron chi connectivity index (χ4n) is 4.22. The molecule has 2 aromatic carbocycles. The van der Waals surface area contributed by atoms with Crippen molar-refractivity contribution in [3.05, 3.63) is 59.7 Å². The normalized spacial score (nSPS) is 19.6. The fourth-order valence-corrected chi connectivity index (χ4v) is 4.32. The highest BCUT2D eigenvalue weighted by Crippen LogP contribution is 2.38. The monoisotopic (exact) mass is 364 g/mol. The summed E-state index contributed by atoms with van der Waals surface area (Å²) >= 11 is 5.46. The van der Waals surface area contributed by atoms with E-state index in [0.717, 1.165) is 17.4 Å². The molecule has 1 heteroatoms. The summed E-state index contributed by atoms with van der Waals surface area (Å²) in [4.78, 5) is 0. The number of benzene rings is 2. The SMILES string of the molecule is CCCCC[C@H]1CC[C@H](c2ccc(-c3ccc(C#CCl)cc3)cc2)CC1. The van der Waals surface area contributed by atoms with Crippen LogP contribution in [0.25, 0.3) is 11.1 Å². The minimum absolute atomic E-state index is 0.757. The second-order valence-electron chi connectivity index (χ2n) is 7.63. The smallest absolute Gasteiger partial charge is 0.0258 e. The average Bonchev–Trinajstić information content (AvgIpc) is 2.70. The number of halogens is 1. The van der Waals surface area contributed by atoms with Gasteiger partial charge in [0.15, 0.2) is 0 Å². The molecule has 0 unspecified atom stereocenters. The third kappa shape index (κ3) is 5.15. The lowest BCUT2D eigenvalue weighted by Gasteiger charge is -2.29. The van der Waals surface area contributed by atoms with Crippen LogP contribution >= 0.6 is 11.6 Å². The van der Waals surface area contributed by atoms with Crippen LogP contribution in [0, 0.1) is 17.2 Å². The number of hydrogen-bond donors (Lipinski definition) is 0. The second-order valence-corrected chi connectivity index (χ2v) is 7.82. The highest BCUT2D eigenvalue weighted by Gasteiger charge is 2.21. The van der Waals surface area contributed by atoms with Gasteiger partial charge in [0.1, 0.15) is 0 Å². The van der Waals surface area contributed by atoms with Crippen molar-refractivity contribution in [3.63, 3.8) is 0 Å². The van der Waals surface area contributed by atoms with Crippen LogP contribution in [-0.2, 0) is 0 Å². The van der Waals surface area contributed by atoms with E-state index in [2.05, 4.69) is 54.6 Å². The van der Waals surface area contributed by atoms with Crippen LogP contribution in [0.1, 0.15) is 75.3 Å². The van der Waals surface area contributed by atoms with Gasteiger partial charge in [-0.1, -0.05) is 69.0 Å². The third-order valence-corrected chi connectivity index (χ3v) is 5.95. The highest BCUT2D eigenvalue weighted by molar-refractivity contribution is 6.30. The molecule has 0 atom stereocenters. The molecule has 0 saturated heterocycles. The summed E-state index contributed by atoms with van der Waals surface area (Å²) in [6.45, 7) is 2.29. The van der Waals surface area contributed by atoms with E-state index in [-0.39, 0.29) is 0 Å². The van der Waals surface area contributed by atoms with Gasteiger partial charge in [0.25, 0.3) is 0 Å². The van der Waals surface area contributed by atoms with Crippen LogP contribution in [0.4, 0.5) is 0 Å². The van der Waals surface area contributed by atoms with E-state index in [1.54, 1.807) is 0 Å². The summed E-state index contributed by atoms with van der Waals surface area (Å²) in [6.07, 6.45) is 11.2. The third-order valence-electron chi connectivity index (χ3n) is 5.85. The number of unbranched alkanes of at least 4 members (excludes halogenated alkanes) is 2. The molecular formula is C25H29Cl. The zero-order chi connectivity index (χ0) is 18.2. The van der Waals surface area contributed by atoms with Gasteiger partial charge < -0.3 is 0 Å². The Morgan fingerprint density at radius 1 is 0.846 bits per heavy atom. The lowest BCUT2D eigenvalue weighted by atomic mass is 9.77. The molecule has 0 N–H and O–H groups in total. The lowest BCUT2D eigenvalue weighted by Crippen LogP contribution is -2.13. The molecule has 1 aliphatic carbocycles. The highest BCUT2D eigenvalue weighted by atomic mass is 35.5. The Labute approximate surface area is 164 Å². The molecule has 3 rings (SSSR count). The van der Waals surface area contributed by atoms with Crippen LogP contribution in [-0.4, -0.2) is 0 Å². The molecule has 0 heterocycles. The maximum absolute atomic E-state index is 5.46. The summed E-state index contributed by atoms with van der Waals surface area (Å²) in [5.74, 6) is 4.61. The standard InChI is InChI=1S/C25H29Cl/c1-2-3-4-5-20-6-10-22(11-7-20)24-14-16-25(17-15-24)23-12-8-21(9-13-23)18-19-26/h8-9,12-17,20,22H,2-7,10-11H2,1H3/t20-,22-. The molecule has 0 amide bonds. The van der Waals surface area contributed by atoms with Crippen LogP contribution in [0.3, 0.4) is 0 Å². The van der Waals surface area contributed by atoms with Gasteiger partial charge >= 0.3 is 0 Å². The molecule has 0 bridgehead atoms. The summed E-state index contributed by atoms with van der Waals surface area (Å²) < 4.78 is 0. The first-order valence-electron chi connectivity index (χ1n) is 10.1. The van der Waals surface area contributed by atoms with Crippen molar-refractivity contribution in [2.24, 2.45) is 5.92 Å². The van der Waals surface area contributed by atoms with Crippen molar-refractivity contribution in [3.8, 4) is 22.4 Å². The predicted molar refractivity (Wildman–Crippen MR) is 113 cm³/mol. The zero-order valence-corrected chi connectivity index (χ0v) is 16.6. The molecule has 1 saturated carbocycles. The van der Waals surface area contributed by atoms with Crippen molar-refractivity contribution in [1.82, 2.24) is 0 Å². The Hall–Kier alpha value is -1.71. The van der Waals surface area contributed by atoms with Crippen molar-refractivity contribution in [2.75, 3.05) is 0 Å². The van der Waals surface area contributed by atoms with E-state index in [0.29, 0.717) is 0 Å². The minimum Gasteiger partial charge on any atom is -0.0654 e. The lowest BCUT2D eigenvalue weighted by molar-refractivity contribution is 0.303. The van der Waals surface area contributed by atoms with Gasteiger partial charge in [-0.25, -0.2) is 0 Å². The minimum atomic E-state index is 0.757. The maximum Gasteiger partial charge on any atom is 0.0258 e. The largest absolute Gasteiger partial charge is 0.0654 e. The van der Waals surface area contributed by atoms with Crippen LogP contribution < -0.4 is 0 Å². The van der Waals surface area contributed by atoms with E-state index in [1.807, 2.05) is 12.1 Å². The first-order chi connectivity index (χ1) is 12.8. The van der Waals surface area contributed by atoms with Crippen LogP contribution in [0.5, 0.6) is 0 Å². The average molecular weight is 365 g/mol. The van der Waals surface area contributed by atoms with Gasteiger partial charge in [0, 0.05) is 10.9 Å². The molecule has 0 aromatic heterocycles. The van der Waals surface area contributed by atoms with E-state index >= 15 is 0 Å². The van der Waals surface area contributed by atoms with Gasteiger partial charge in [-0.15, -0.1) is 0 Å². The zero-order valence-electron chi connectivity index (χ0n) is 15.8. The summed E-state index contributed by atoms with van der Waals surface area (Å²) in [7, 11) is 0. The Bertz CT molecular complexity index is 722. The first kappa shape index (κ1) is 19.1. The molecule has 0 aliphatic heterocycles. The predicted octanol–water partition coefficient (Wildman–Crippen LogP) is 7.76. The summed E-state index contributed by atoms with van der Waals surface area (Å²) in [6, 6.07) is 17.5. The Morgan fingerprint density at radius 3 is 2.04 bits per heavy atom. The Kier molecular flexibility index (Phi) is 7.22. The van der Waals surface area contributed by atoms with Gasteiger partial charge in [0.05, 0.1) is 0 Å². The Balaban J connectivity index is 1.57. The topological polar surface area (TPSA) is 0 Å². The Morgan fingerprint density at radius 2 is 1.46 bits per heavy atom. The van der Waals surface area contributed by atoms with E-state index < -0.39 is 0 Å². The number of rotatable bonds is 6. The molecule has 0 spiro atoms. The first-order valence-corrected chi connectivity index (χ1v) is 10.5. The van der Waals surface area contributed by atoms with Crippen LogP contribution in [0.2, 0.25) is 0 Å². The van der Waals surface area contributed by atoms with E-state index in [9.17, 15) is 0 Å². The molecule has 26 heavy (non-hydrogen) atoms. The van der Waals surface area contributed by atoms with Crippen LogP contribution in [0.15, 0.2) is 48.5 Å². The van der Waals surface area contributed by atoms with E-state index in [1.165, 1.54) is 68.1 Å². The van der Waals surface area contributed by atoms with Crippen molar-refractivity contribution < 1.29 is 0 Å². The molecule has 2 aromatic rings. The van der Waals surface area contributed by atoms with E-state index in [4.69, 9.17) is 11.6 Å². The van der Waals surface area contributed by atoms with Crippen molar-refractivity contribution in [2.45, 2.75) is 64.2 Å². The maximum atomic E-state index is 5.46. The van der Waals surface area contributed by atoms with Gasteiger partial charge in [-0.3, -0.25) is 0 Å². The van der Waals surface area contributed by atoms with Crippen molar-refractivity contribution in [1.29, 1.82) is 0 Å². The second kappa shape index (κ2) is 9.84. The van der Waals surface area contributed by atoms with Gasteiger partial charge in [-0.2, -0.15) is 0 Å². The molecule has 1 fully saturated rings. The summed E-state index contributed by atoms with van der Waals surface area (Å²) in [5.41, 5.74) is 4.98. The van der Waals surface area contributed by atoms with Crippen molar-refractivity contribution >= 4 is 11.6 Å². The van der Waals surface area contributed by atoms with Gasteiger partial charge in [0.2, 0.25) is 0 Å². The molecular weight excluding hydrogens is 336 g/mol. The summed E-state index contributed by atoms with van der Waals surface area (Å²) in [5, 5.41) is 2.43. The quantitative estimate of drug-likeness (QED) is 0.363. The molecule has 0 radical (unpaired) electrons. The fraction of sp³-hybridized carbons (Fsp3) is 0.440. The van der Waals surface area contributed by atoms with Gasteiger partial charge in [-0.05, 0) is 83.9 Å². The molecule has 0 nitrogen and oxygen atoms in total. The molecule has 136 valence electrons.